The standard InChI is InChI=1S/C17H18INO3/c1-4-22-16-13(18)9-12(10-15(16)21-3)17(20)19-14-8-6-5-7-11(14)2/h5-10H,4H2,1-3H3,(H,19,20). The van der Waals surface area contributed by atoms with E-state index in [9.17, 15) is 4.79 Å². The van der Waals surface area contributed by atoms with Crippen LogP contribution in [0.1, 0.15) is 22.8 Å². The van der Waals surface area contributed by atoms with Crippen molar-refractivity contribution in [2.75, 3.05) is 19.0 Å². The summed E-state index contributed by atoms with van der Waals surface area (Å²) >= 11 is 2.14. The molecule has 2 rings (SSSR count). The number of carbonyl (C=O) groups is 1. The molecule has 4 nitrogen and oxygen atoms in total. The summed E-state index contributed by atoms with van der Waals surface area (Å²) in [4.78, 5) is 12.4. The Hall–Kier alpha value is -1.76. The molecule has 0 aliphatic heterocycles. The number of anilines is 1. The summed E-state index contributed by atoms with van der Waals surface area (Å²) in [6.45, 7) is 4.41. The number of halogens is 1. The van der Waals surface area contributed by atoms with Gasteiger partial charge in [0.05, 0.1) is 17.3 Å². The van der Waals surface area contributed by atoms with Crippen LogP contribution >= 0.6 is 22.6 Å². The van der Waals surface area contributed by atoms with Crippen molar-refractivity contribution in [3.05, 3.63) is 51.1 Å². The summed E-state index contributed by atoms with van der Waals surface area (Å²) in [7, 11) is 1.57. The number of hydrogen-bond donors (Lipinski definition) is 1. The monoisotopic (exact) mass is 411 g/mol. The molecule has 0 unspecified atom stereocenters. The van der Waals surface area contributed by atoms with Gasteiger partial charge in [-0.25, -0.2) is 0 Å². The van der Waals surface area contributed by atoms with E-state index in [1.54, 1.807) is 19.2 Å². The minimum Gasteiger partial charge on any atom is -0.493 e. The molecule has 0 bridgehead atoms. The second-order valence-electron chi connectivity index (χ2n) is 4.69. The fraction of sp³-hybridized carbons (Fsp3) is 0.235. The molecule has 0 saturated heterocycles. The summed E-state index contributed by atoms with van der Waals surface area (Å²) in [6, 6.07) is 11.2. The first-order chi connectivity index (χ1) is 10.6. The number of hydrogen-bond acceptors (Lipinski definition) is 3. The lowest BCUT2D eigenvalue weighted by Crippen LogP contribution is -2.13. The van der Waals surface area contributed by atoms with Crippen LogP contribution in [0.2, 0.25) is 0 Å². The van der Waals surface area contributed by atoms with E-state index in [-0.39, 0.29) is 5.91 Å². The predicted molar refractivity (Wildman–Crippen MR) is 96.0 cm³/mol. The molecule has 1 N–H and O–H groups in total. The Morgan fingerprint density at radius 3 is 2.64 bits per heavy atom. The molecular weight excluding hydrogens is 393 g/mol. The first-order valence-electron chi connectivity index (χ1n) is 6.94. The van der Waals surface area contributed by atoms with Crippen LogP contribution in [0, 0.1) is 10.5 Å². The van der Waals surface area contributed by atoms with Gasteiger partial charge in [-0.1, -0.05) is 18.2 Å². The smallest absolute Gasteiger partial charge is 0.255 e. The van der Waals surface area contributed by atoms with Crippen molar-refractivity contribution in [2.24, 2.45) is 0 Å². The van der Waals surface area contributed by atoms with Crippen LogP contribution in [0.3, 0.4) is 0 Å². The van der Waals surface area contributed by atoms with E-state index >= 15 is 0 Å². The normalized spacial score (nSPS) is 10.2. The van der Waals surface area contributed by atoms with Crippen molar-refractivity contribution < 1.29 is 14.3 Å². The van der Waals surface area contributed by atoms with Crippen LogP contribution in [0.25, 0.3) is 0 Å². The van der Waals surface area contributed by atoms with E-state index < -0.39 is 0 Å². The Bertz CT molecular complexity index is 686. The van der Waals surface area contributed by atoms with Gasteiger partial charge in [0.15, 0.2) is 11.5 Å². The molecule has 0 aromatic heterocycles. The lowest BCUT2D eigenvalue weighted by molar-refractivity contribution is 0.102. The van der Waals surface area contributed by atoms with Gasteiger partial charge in [0.1, 0.15) is 0 Å². The average molecular weight is 411 g/mol. The molecule has 22 heavy (non-hydrogen) atoms. The van der Waals surface area contributed by atoms with Gasteiger partial charge in [-0.2, -0.15) is 0 Å². The van der Waals surface area contributed by atoms with E-state index in [0.29, 0.717) is 23.7 Å². The van der Waals surface area contributed by atoms with Crippen LogP contribution in [0.5, 0.6) is 11.5 Å². The minimum absolute atomic E-state index is 0.173. The average Bonchev–Trinajstić information content (AvgIpc) is 2.51. The molecule has 0 spiro atoms. The molecule has 0 radical (unpaired) electrons. The molecule has 1 amide bonds. The highest BCUT2D eigenvalue weighted by Gasteiger charge is 2.15. The fourth-order valence-corrected chi connectivity index (χ4v) is 2.80. The predicted octanol–water partition coefficient (Wildman–Crippen LogP) is 4.26. The van der Waals surface area contributed by atoms with Crippen molar-refractivity contribution in [3.8, 4) is 11.5 Å². The molecule has 2 aromatic carbocycles. The Balaban J connectivity index is 2.30. The maximum absolute atomic E-state index is 12.4. The number of aryl methyl sites for hydroxylation is 1. The van der Waals surface area contributed by atoms with E-state index in [2.05, 4.69) is 27.9 Å². The second kappa shape index (κ2) is 7.49. The maximum atomic E-state index is 12.4. The van der Waals surface area contributed by atoms with Crippen molar-refractivity contribution in [2.45, 2.75) is 13.8 Å². The Morgan fingerprint density at radius 2 is 2.00 bits per heavy atom. The molecule has 0 aliphatic carbocycles. The van der Waals surface area contributed by atoms with E-state index in [1.807, 2.05) is 38.1 Å². The fourth-order valence-electron chi connectivity index (χ4n) is 2.04. The summed E-state index contributed by atoms with van der Waals surface area (Å²) in [5.74, 6) is 1.05. The number of rotatable bonds is 5. The third kappa shape index (κ3) is 3.71. The van der Waals surface area contributed by atoms with Crippen LogP contribution in [-0.2, 0) is 0 Å². The second-order valence-corrected chi connectivity index (χ2v) is 5.85. The van der Waals surface area contributed by atoms with Gasteiger partial charge in [-0.15, -0.1) is 0 Å². The molecule has 0 atom stereocenters. The molecule has 0 saturated carbocycles. The van der Waals surface area contributed by atoms with Crippen LogP contribution in [0.4, 0.5) is 5.69 Å². The van der Waals surface area contributed by atoms with Gasteiger partial charge in [0, 0.05) is 11.3 Å². The van der Waals surface area contributed by atoms with E-state index in [0.717, 1.165) is 14.8 Å². The number of benzene rings is 2. The number of ether oxygens (including phenoxy) is 2. The number of methoxy groups -OCH3 is 1. The van der Waals surface area contributed by atoms with Gasteiger partial charge in [-0.3, -0.25) is 4.79 Å². The van der Waals surface area contributed by atoms with Crippen molar-refractivity contribution in [3.63, 3.8) is 0 Å². The molecule has 2 aromatic rings. The molecular formula is C17H18INO3. The van der Waals surface area contributed by atoms with Crippen LogP contribution in [0.15, 0.2) is 36.4 Å². The van der Waals surface area contributed by atoms with Crippen molar-refractivity contribution in [1.29, 1.82) is 0 Å². The van der Waals surface area contributed by atoms with Gasteiger partial charge >= 0.3 is 0 Å². The third-order valence-corrected chi connectivity index (χ3v) is 3.97. The van der Waals surface area contributed by atoms with Gasteiger partial charge in [-0.05, 0) is 60.2 Å². The number of carbonyl (C=O) groups excluding carboxylic acids is 1. The SMILES string of the molecule is CCOc1c(I)cc(C(=O)Nc2ccccc2C)cc1OC. The maximum Gasteiger partial charge on any atom is 0.255 e. The van der Waals surface area contributed by atoms with Gasteiger partial charge in [0.2, 0.25) is 0 Å². The molecule has 116 valence electrons. The highest BCUT2D eigenvalue weighted by molar-refractivity contribution is 14.1. The number of para-hydroxylation sites is 1. The van der Waals surface area contributed by atoms with Gasteiger partial charge in [0.25, 0.3) is 5.91 Å². The Kier molecular flexibility index (Phi) is 5.65. The quantitative estimate of drug-likeness (QED) is 0.749. The summed E-state index contributed by atoms with van der Waals surface area (Å²) in [5.41, 5.74) is 2.35. The van der Waals surface area contributed by atoms with Crippen molar-refractivity contribution >= 4 is 34.2 Å². The molecule has 5 heteroatoms. The number of amides is 1. The van der Waals surface area contributed by atoms with Crippen molar-refractivity contribution in [1.82, 2.24) is 0 Å². The lowest BCUT2D eigenvalue weighted by Gasteiger charge is -2.14. The van der Waals surface area contributed by atoms with E-state index in [4.69, 9.17) is 9.47 Å². The zero-order valence-electron chi connectivity index (χ0n) is 12.8. The third-order valence-electron chi connectivity index (χ3n) is 3.17. The molecule has 0 heterocycles. The first kappa shape index (κ1) is 16.6. The van der Waals surface area contributed by atoms with Gasteiger partial charge < -0.3 is 14.8 Å². The summed E-state index contributed by atoms with van der Waals surface area (Å²) in [5, 5.41) is 2.92. The number of nitrogens with one attached hydrogen (secondary N) is 1. The highest BCUT2D eigenvalue weighted by atomic mass is 127. The zero-order valence-corrected chi connectivity index (χ0v) is 14.9. The highest BCUT2D eigenvalue weighted by Crippen LogP contribution is 2.34. The summed E-state index contributed by atoms with van der Waals surface area (Å²) in [6.07, 6.45) is 0. The minimum atomic E-state index is -0.173. The Morgan fingerprint density at radius 1 is 1.27 bits per heavy atom. The lowest BCUT2D eigenvalue weighted by atomic mass is 10.1. The van der Waals surface area contributed by atoms with Crippen LogP contribution < -0.4 is 14.8 Å². The van der Waals surface area contributed by atoms with E-state index in [1.165, 1.54) is 0 Å². The molecule has 0 aliphatic rings. The summed E-state index contributed by atoms with van der Waals surface area (Å²) < 4.78 is 11.7. The van der Waals surface area contributed by atoms with Crippen LogP contribution in [-0.4, -0.2) is 19.6 Å². The largest absolute Gasteiger partial charge is 0.493 e. The first-order valence-corrected chi connectivity index (χ1v) is 8.02. The molecule has 0 fully saturated rings. The Labute approximate surface area is 144 Å². The topological polar surface area (TPSA) is 47.6 Å². The zero-order chi connectivity index (χ0) is 16.1.